The molecule has 13 heteroatoms. The second-order valence-corrected chi connectivity index (χ2v) is 6.88. The number of hydrazone groups is 1. The maximum absolute atomic E-state index is 11.1. The minimum absolute atomic E-state index is 0.0891. The molecule has 184 valence electrons. The van der Waals surface area contributed by atoms with Crippen molar-refractivity contribution in [3.8, 4) is 11.5 Å². The maximum Gasteiger partial charge on any atom is 0.341 e. The summed E-state index contributed by atoms with van der Waals surface area (Å²) in [6, 6.07) is 18.7. The van der Waals surface area contributed by atoms with Crippen LogP contribution in [0.15, 0.2) is 88.1 Å². The molecule has 0 amide bonds. The summed E-state index contributed by atoms with van der Waals surface area (Å²) in [5.74, 6) is -2.23. The highest BCUT2D eigenvalue weighted by Gasteiger charge is 2.14. The molecule has 0 bridgehead atoms. The van der Waals surface area contributed by atoms with E-state index in [1.165, 1.54) is 18.2 Å². The van der Waals surface area contributed by atoms with E-state index in [-0.39, 0.29) is 34.4 Å². The van der Waals surface area contributed by atoms with Crippen LogP contribution in [-0.2, 0) is 9.59 Å². The lowest BCUT2D eigenvalue weighted by molar-refractivity contribution is -0.384. The van der Waals surface area contributed by atoms with Crippen LogP contribution < -0.4 is 14.9 Å². The number of hydrogen-bond acceptors (Lipinski definition) is 9. The highest BCUT2D eigenvalue weighted by atomic mass is 16.6. The molecule has 36 heavy (non-hydrogen) atoms. The smallest absolute Gasteiger partial charge is 0.341 e. The second kappa shape index (κ2) is 12.2. The third-order valence-electron chi connectivity index (χ3n) is 4.31. The summed E-state index contributed by atoms with van der Waals surface area (Å²) >= 11 is 0. The molecule has 3 N–H and O–H groups in total. The summed E-state index contributed by atoms with van der Waals surface area (Å²) in [6.07, 6.45) is 0. The van der Waals surface area contributed by atoms with Crippen molar-refractivity contribution in [2.75, 3.05) is 18.6 Å². The second-order valence-electron chi connectivity index (χ2n) is 6.88. The predicted octanol–water partition coefficient (Wildman–Crippen LogP) is 4.08. The molecule has 0 aliphatic rings. The van der Waals surface area contributed by atoms with Crippen LogP contribution in [0.3, 0.4) is 0 Å². The van der Waals surface area contributed by atoms with Gasteiger partial charge in [0.15, 0.2) is 19.0 Å². The number of ether oxygens (including phenoxy) is 2. The Morgan fingerprint density at radius 3 is 2.19 bits per heavy atom. The van der Waals surface area contributed by atoms with E-state index in [1.54, 1.807) is 48.5 Å². The van der Waals surface area contributed by atoms with E-state index in [2.05, 4.69) is 20.8 Å². The number of anilines is 1. The first-order chi connectivity index (χ1) is 17.3. The number of amidine groups is 1. The van der Waals surface area contributed by atoms with Gasteiger partial charge in [0.2, 0.25) is 5.84 Å². The number of nitro benzene ring substituents is 1. The number of hydrogen-bond donors (Lipinski definition) is 3. The van der Waals surface area contributed by atoms with Gasteiger partial charge in [-0.05, 0) is 18.2 Å². The summed E-state index contributed by atoms with van der Waals surface area (Å²) < 4.78 is 10.4. The van der Waals surface area contributed by atoms with Crippen LogP contribution in [-0.4, -0.2) is 46.1 Å². The van der Waals surface area contributed by atoms with Gasteiger partial charge in [-0.3, -0.25) is 15.5 Å². The van der Waals surface area contributed by atoms with E-state index < -0.39 is 30.1 Å². The van der Waals surface area contributed by atoms with Gasteiger partial charge in [-0.2, -0.15) is 5.10 Å². The first kappa shape index (κ1) is 25.3. The number of rotatable bonds is 11. The number of azo groups is 1. The van der Waals surface area contributed by atoms with Gasteiger partial charge in [-0.1, -0.05) is 42.5 Å². The summed E-state index contributed by atoms with van der Waals surface area (Å²) in [5.41, 5.74) is 3.33. The van der Waals surface area contributed by atoms with Crippen LogP contribution in [0.25, 0.3) is 0 Å². The van der Waals surface area contributed by atoms with Crippen LogP contribution in [0.5, 0.6) is 11.5 Å². The fraction of sp³-hybridized carbons (Fsp3) is 0.0870. The van der Waals surface area contributed by atoms with Gasteiger partial charge in [0.25, 0.3) is 5.69 Å². The molecule has 0 aliphatic carbocycles. The molecule has 0 atom stereocenters. The molecule has 0 spiro atoms. The van der Waals surface area contributed by atoms with Gasteiger partial charge >= 0.3 is 11.9 Å². The quantitative estimate of drug-likeness (QED) is 0.116. The number of nitrogens with zero attached hydrogens (tertiary/aromatic N) is 4. The van der Waals surface area contributed by atoms with Crippen LogP contribution in [0, 0.1) is 10.1 Å². The summed E-state index contributed by atoms with van der Waals surface area (Å²) in [5, 5.41) is 41.4. The molecule has 0 fully saturated rings. The van der Waals surface area contributed by atoms with Crippen LogP contribution >= 0.6 is 0 Å². The maximum atomic E-state index is 11.1. The molecule has 0 aromatic heterocycles. The Morgan fingerprint density at radius 1 is 0.889 bits per heavy atom. The minimum Gasteiger partial charge on any atom is -0.480 e. The molecule has 13 nitrogen and oxygen atoms in total. The van der Waals surface area contributed by atoms with Crippen molar-refractivity contribution in [1.29, 1.82) is 0 Å². The first-order valence-corrected chi connectivity index (χ1v) is 10.2. The van der Waals surface area contributed by atoms with Crippen molar-refractivity contribution in [2.45, 2.75) is 0 Å². The van der Waals surface area contributed by atoms with Crippen molar-refractivity contribution in [2.24, 2.45) is 15.3 Å². The zero-order valence-corrected chi connectivity index (χ0v) is 18.5. The predicted molar refractivity (Wildman–Crippen MR) is 127 cm³/mol. The van der Waals surface area contributed by atoms with Crippen molar-refractivity contribution in [3.63, 3.8) is 0 Å². The number of para-hydroxylation sites is 1. The number of benzene rings is 3. The summed E-state index contributed by atoms with van der Waals surface area (Å²) in [4.78, 5) is 32.2. The lowest BCUT2D eigenvalue weighted by Crippen LogP contribution is -2.11. The van der Waals surface area contributed by atoms with Gasteiger partial charge in [0.05, 0.1) is 16.7 Å². The Balaban J connectivity index is 1.94. The van der Waals surface area contributed by atoms with Crippen molar-refractivity contribution >= 4 is 34.8 Å². The first-order valence-electron chi connectivity index (χ1n) is 10.2. The van der Waals surface area contributed by atoms with E-state index in [0.717, 1.165) is 6.07 Å². The topological polar surface area (TPSA) is 185 Å². The van der Waals surface area contributed by atoms with Crippen molar-refractivity contribution < 1.29 is 34.2 Å². The molecule has 0 saturated heterocycles. The Bertz CT molecular complexity index is 1310. The lowest BCUT2D eigenvalue weighted by Gasteiger charge is -2.10. The monoisotopic (exact) mass is 493 g/mol. The number of nitrogens with one attached hydrogen (secondary N) is 1. The average molecular weight is 493 g/mol. The SMILES string of the molecule is O=C(O)COc1ccccc1N=NC(=NNc1ccc([N+](=O)[O-])cc1OCC(=O)O)c1ccccc1. The summed E-state index contributed by atoms with van der Waals surface area (Å²) in [7, 11) is 0. The molecular formula is C23H19N5O8. The third-order valence-corrected chi connectivity index (χ3v) is 4.31. The number of carboxylic acid groups (broad SMARTS) is 2. The van der Waals surface area contributed by atoms with Gasteiger partial charge in [-0.15, -0.1) is 10.2 Å². The standard InChI is InChI=1S/C23H19N5O8/c29-21(30)13-35-19-9-5-4-8-17(19)24-26-23(15-6-2-1-3-7-15)27-25-18-11-10-16(28(33)34)12-20(18)36-14-22(31)32/h1-12,25H,13-14H2,(H,29,30)(H,31,32). The largest absolute Gasteiger partial charge is 0.480 e. The number of carboxylic acids is 2. The van der Waals surface area contributed by atoms with E-state index in [1.807, 2.05) is 0 Å². The molecule has 0 radical (unpaired) electrons. The highest BCUT2D eigenvalue weighted by Crippen LogP contribution is 2.30. The Kier molecular flexibility index (Phi) is 8.59. The number of nitro groups is 1. The normalized spacial score (nSPS) is 11.2. The molecular weight excluding hydrogens is 474 g/mol. The minimum atomic E-state index is -1.27. The molecule has 3 rings (SSSR count). The Hall–Kier alpha value is -5.33. The average Bonchev–Trinajstić information content (AvgIpc) is 2.87. The van der Waals surface area contributed by atoms with Crippen LogP contribution in [0.4, 0.5) is 17.1 Å². The molecule has 0 unspecified atom stereocenters. The van der Waals surface area contributed by atoms with Gasteiger partial charge in [0.1, 0.15) is 11.4 Å². The van der Waals surface area contributed by atoms with E-state index in [0.29, 0.717) is 5.56 Å². The molecule has 0 aliphatic heterocycles. The number of carbonyl (C=O) groups is 2. The van der Waals surface area contributed by atoms with E-state index >= 15 is 0 Å². The zero-order chi connectivity index (χ0) is 25.9. The number of non-ortho nitro benzene ring substituents is 1. The van der Waals surface area contributed by atoms with Crippen LogP contribution in [0.1, 0.15) is 5.56 Å². The van der Waals surface area contributed by atoms with Crippen LogP contribution in [0.2, 0.25) is 0 Å². The zero-order valence-electron chi connectivity index (χ0n) is 18.5. The Labute approximate surface area is 203 Å². The molecule has 0 saturated carbocycles. The fourth-order valence-corrected chi connectivity index (χ4v) is 2.72. The third kappa shape index (κ3) is 7.34. The Morgan fingerprint density at radius 2 is 1.53 bits per heavy atom. The van der Waals surface area contributed by atoms with E-state index in [4.69, 9.17) is 19.7 Å². The van der Waals surface area contributed by atoms with Crippen molar-refractivity contribution in [1.82, 2.24) is 0 Å². The van der Waals surface area contributed by atoms with Gasteiger partial charge < -0.3 is 19.7 Å². The summed E-state index contributed by atoms with van der Waals surface area (Å²) in [6.45, 7) is -1.29. The van der Waals surface area contributed by atoms with Gasteiger partial charge in [0, 0.05) is 11.6 Å². The lowest BCUT2D eigenvalue weighted by atomic mass is 10.2. The molecule has 3 aromatic carbocycles. The van der Waals surface area contributed by atoms with E-state index in [9.17, 15) is 19.7 Å². The number of aliphatic carboxylic acids is 2. The van der Waals surface area contributed by atoms with Crippen molar-refractivity contribution in [3.05, 3.63) is 88.5 Å². The van der Waals surface area contributed by atoms with Gasteiger partial charge in [-0.25, -0.2) is 9.59 Å². The molecule has 0 heterocycles. The molecule has 3 aromatic rings. The fourth-order valence-electron chi connectivity index (χ4n) is 2.72. The highest BCUT2D eigenvalue weighted by molar-refractivity contribution is 5.99.